The van der Waals surface area contributed by atoms with Gasteiger partial charge in [0.15, 0.2) is 34.8 Å². The number of halogens is 11. The molecule has 0 saturated carbocycles. The molecule has 0 aliphatic heterocycles. The Labute approximate surface area is 983 Å². The van der Waals surface area contributed by atoms with Crippen LogP contribution in [0.1, 0.15) is 319 Å². The van der Waals surface area contributed by atoms with Crippen molar-refractivity contribution >= 4 is 123 Å². The number of aromatic hydroxyl groups is 5. The monoisotopic (exact) mass is 2450 g/mol. The third-order valence-corrected chi connectivity index (χ3v) is 22.4. The van der Waals surface area contributed by atoms with E-state index in [1.165, 1.54) is 50.6 Å². The van der Waals surface area contributed by atoms with Crippen LogP contribution in [-0.4, -0.2) is 106 Å². The third kappa shape index (κ3) is 48.3. The summed E-state index contributed by atoms with van der Waals surface area (Å²) in [5, 5.41) is 60.8. The van der Waals surface area contributed by atoms with Gasteiger partial charge in [-0.05, 0) is 192 Å². The van der Waals surface area contributed by atoms with E-state index < -0.39 is 74.1 Å². The number of methoxy groups -OCH3 is 3. The second-order valence-electron chi connectivity index (χ2n) is 45.4. The van der Waals surface area contributed by atoms with Crippen molar-refractivity contribution in [3.05, 3.63) is 299 Å². The smallest absolute Gasteiger partial charge is 2.00 e. The Balaban J connectivity index is -0.000000853. The molecule has 10 aromatic carbocycles. The standard InChI is InChI=1S/C24H33NO4.C24H33NO.C23H31NO.C21H22F5NO.C21H27NO.2C2H6N.2CH3.2BrH.4ClH.5Ti/c1-23(2,3)16-12-17(24(4,5)6)21(26)18(13-16)25-14-15-10-19(27-7)22(29-9)20(11-15)28-8;1-15-10-16(2)19(17(3)11-15)14-25-21-13-18(23(4,5)6)12-20(22(21)26)24(7,8)9;1-15-9-10-16(2)17(11-15)14-24-20-13-18(22(3,4)5)12-19(21(20)25)23(6,7)8;1-20(2,3)10-7-12(21(4,5)6)19(28)13(8-10)27-9-11-14(22)16(24)18(26)17(25)15(11)23;1-20(2,3)16-12-17(21(4,5)6)19(23)18(13-16)22-14-15-10-8-7-9-11-15;2*1-3-2;;;;;;;;;;;;;/h10-14,26H,1-9H3;10-14,26H,1-9H3;9-14,25H,1-8H3;7-9,28H,1-6H3;7-14,23H,1-6H3;2*1-2H3;2*1H3;6*1H;;;;;/q;;;;;4*-1;;;;;;;5*+2/p-6. The molecular weight excluding hydrogens is 2290 g/mol. The maximum absolute atomic E-state index is 13.9. The zero-order valence-corrected chi connectivity index (χ0v) is 111. The first-order valence-corrected chi connectivity index (χ1v) is 63.7. The van der Waals surface area contributed by atoms with Crippen LogP contribution in [0.4, 0.5) is 50.4 Å². The van der Waals surface area contributed by atoms with Crippen molar-refractivity contribution < 1.29 is 154 Å². The number of nitrogens with zero attached hydrogens (tertiary/aromatic N) is 7. The van der Waals surface area contributed by atoms with Gasteiger partial charge < -0.3 is 65.2 Å². The van der Waals surface area contributed by atoms with Gasteiger partial charge in [-0.15, -0.1) is 0 Å². The summed E-state index contributed by atoms with van der Waals surface area (Å²) in [5.41, 5.74) is 19.5. The summed E-state index contributed by atoms with van der Waals surface area (Å²) in [6.45, 7) is 73.3. The van der Waals surface area contributed by atoms with E-state index in [1.807, 2.05) is 127 Å². The Morgan fingerprint density at radius 1 is 0.300 bits per heavy atom. The molecule has 0 unspecified atom stereocenters. The fourth-order valence-corrected chi connectivity index (χ4v) is 14.1. The van der Waals surface area contributed by atoms with Crippen LogP contribution in [0.2, 0.25) is 0 Å². The van der Waals surface area contributed by atoms with Crippen LogP contribution in [0.5, 0.6) is 46.0 Å². The van der Waals surface area contributed by atoms with E-state index in [4.69, 9.17) is 56.4 Å². The number of aryl methyl sites for hydroxylation is 5. The molecule has 10 aromatic rings. The van der Waals surface area contributed by atoms with E-state index in [2.05, 4.69) is 312 Å². The summed E-state index contributed by atoms with van der Waals surface area (Å²) < 4.78 is 83.9. The van der Waals surface area contributed by atoms with Gasteiger partial charge in [-0.2, -0.15) is 28.2 Å². The summed E-state index contributed by atoms with van der Waals surface area (Å²) >= 11 is 5.39. The topological polar surface area (TPSA) is 219 Å². The Hall–Kier alpha value is -5.79. The average Bonchev–Trinajstić information content (AvgIpc) is 0.822. The molecule has 0 aromatic heterocycles. The molecule has 820 valence electrons. The molecule has 0 radical (unpaired) electrons. The van der Waals surface area contributed by atoms with Crippen molar-refractivity contribution in [3.63, 3.8) is 0 Å². The van der Waals surface area contributed by atoms with E-state index in [9.17, 15) is 47.5 Å². The first-order chi connectivity index (χ1) is 66.9. The minimum absolute atomic E-state index is 0. The molecule has 0 saturated heterocycles. The fraction of sp³-hybridized carbons (Fsp3) is 0.437. The second kappa shape index (κ2) is 66.8. The quantitative estimate of drug-likeness (QED) is 0.0186. The van der Waals surface area contributed by atoms with Crippen LogP contribution < -0.4 is 14.2 Å². The molecule has 5 N–H and O–H groups in total. The molecule has 0 heterocycles. The number of ether oxygens (including phenoxy) is 3. The van der Waals surface area contributed by atoms with E-state index in [0.29, 0.717) is 51.8 Å². The fourth-order valence-electron chi connectivity index (χ4n) is 14.1. The van der Waals surface area contributed by atoms with Crippen molar-refractivity contribution in [1.29, 1.82) is 0 Å². The molecule has 0 bridgehead atoms. The Bertz CT molecular complexity index is 5980. The second-order valence-corrected chi connectivity index (χ2v) is 58.4. The largest absolute Gasteiger partial charge is 2.00 e. The Morgan fingerprint density at radius 3 is 0.773 bits per heavy atom. The maximum atomic E-state index is 13.9. The van der Waals surface area contributed by atoms with Gasteiger partial charge in [-0.3, -0.25) is 25.0 Å². The van der Waals surface area contributed by atoms with E-state index >= 15 is 0 Å². The van der Waals surface area contributed by atoms with Gasteiger partial charge in [-0.25, -0.2) is 22.0 Å². The zero-order chi connectivity index (χ0) is 113. The van der Waals surface area contributed by atoms with Crippen molar-refractivity contribution in [2.45, 2.75) is 296 Å². The molecule has 31 heteroatoms. The van der Waals surface area contributed by atoms with Crippen molar-refractivity contribution in [2.24, 2.45) is 25.0 Å². The summed E-state index contributed by atoms with van der Waals surface area (Å²) in [7, 11) is 31.3. The molecule has 150 heavy (non-hydrogen) atoms. The first-order valence-electron chi connectivity index (χ1n) is 47.4. The molecule has 0 atom stereocenters. The summed E-state index contributed by atoms with van der Waals surface area (Å²) in [5.74, 6) is -7.86. The van der Waals surface area contributed by atoms with Gasteiger partial charge in [0.25, 0.3) is 0 Å². The number of hydrogen-bond donors (Lipinski definition) is 5. The number of phenols is 5. The number of hydrogen-bond acceptors (Lipinski definition) is 13. The Morgan fingerprint density at radius 2 is 0.533 bits per heavy atom. The van der Waals surface area contributed by atoms with Crippen LogP contribution in [0.25, 0.3) is 10.6 Å². The number of rotatable bonds is 13. The average molecular weight is 2460 g/mol. The van der Waals surface area contributed by atoms with Crippen molar-refractivity contribution in [3.8, 4) is 46.0 Å². The SMILES string of the molecule is CC(C)(C)c1cc(N=Cc2c(F)c(F)c(F)c(F)c2F)c(O)c(C(C)(C)C)c1.CC(C)(C)c1cc(N=Cc2ccccc2)c(O)c(C(C)(C)C)c1.COc1cc(C=Nc2cc(C(C)(C)C)cc(C(C)(C)C)c2O)cc(OC)c1OC.C[N-]C.C[N-]C.Cc1cc(C)c(C=Nc2cc(C(C)(C)C)cc(C(C)(C)C)c2O)c(C)c1.Cc1ccc(C)c(C=Nc2cc(C(C)(C)C)cc(C(C)(C)C)c2O)c1.[Br][Ti][Br].[CH3-].[CH3-].[Cl][Ti][Cl].[Cl][Ti][Cl].[Ti+2].[Ti+2]. The maximum Gasteiger partial charge on any atom is 2.00 e. The number of phenolic OH excluding ortho intramolecular Hbond substituents is 5. The molecule has 0 aliphatic carbocycles. The van der Waals surface area contributed by atoms with E-state index in [0.717, 1.165) is 55.6 Å². The van der Waals surface area contributed by atoms with Gasteiger partial charge >= 0.3 is 156 Å². The van der Waals surface area contributed by atoms with E-state index in [-0.39, 0.29) is 156 Å². The predicted molar refractivity (Wildman–Crippen MR) is 624 cm³/mol. The summed E-state index contributed by atoms with van der Waals surface area (Å²) in [4.78, 5) is 22.4. The normalized spacial score (nSPS) is 11.6. The van der Waals surface area contributed by atoms with Crippen LogP contribution >= 0.6 is 63.5 Å². The van der Waals surface area contributed by atoms with Crippen LogP contribution in [0.3, 0.4) is 0 Å². The molecule has 15 nitrogen and oxygen atoms in total. The van der Waals surface area contributed by atoms with Gasteiger partial charge in [-0.1, -0.05) is 310 Å². The third-order valence-electron chi connectivity index (χ3n) is 22.4. The zero-order valence-electron chi connectivity index (χ0n) is 96.8. The van der Waals surface area contributed by atoms with E-state index in [1.54, 1.807) is 61.9 Å². The molecule has 0 spiro atoms. The minimum atomic E-state index is -2.24. The summed E-state index contributed by atoms with van der Waals surface area (Å²) in [6.07, 6.45) is 7.77. The van der Waals surface area contributed by atoms with Crippen LogP contribution in [-0.2, 0) is 147 Å². The minimum Gasteiger partial charge on any atom is 2.00 e. The Kier molecular flexibility index (Phi) is 67.0. The van der Waals surface area contributed by atoms with Crippen molar-refractivity contribution in [2.75, 3.05) is 49.5 Å². The van der Waals surface area contributed by atoms with Gasteiger partial charge in [0, 0.05) is 64.5 Å². The number of aliphatic imine (C=N–C) groups is 5. The van der Waals surface area contributed by atoms with Gasteiger partial charge in [0.05, 0.1) is 26.9 Å². The van der Waals surface area contributed by atoms with Gasteiger partial charge in [0.1, 0.15) is 57.2 Å². The predicted octanol–water partition coefficient (Wildman–Crippen LogP) is 37.5. The molecular formula is C119H164Br2Cl4F5N7O8Ti5. The van der Waals surface area contributed by atoms with Crippen molar-refractivity contribution in [1.82, 2.24) is 0 Å². The summed E-state index contributed by atoms with van der Waals surface area (Å²) in [6, 6.07) is 43.9. The molecule has 0 amide bonds. The first kappa shape index (κ1) is 150. The van der Waals surface area contributed by atoms with Gasteiger partial charge in [0.2, 0.25) is 11.6 Å². The van der Waals surface area contributed by atoms with Crippen LogP contribution in [0, 0.1) is 78.6 Å². The molecule has 0 aliphatic rings. The van der Waals surface area contributed by atoms with Crippen LogP contribution in [0.15, 0.2) is 158 Å². The molecule has 10 rings (SSSR count). The number of benzene rings is 10. The molecule has 0 fully saturated rings.